The molecule has 0 saturated carbocycles. The minimum Gasteiger partial charge on any atom is -0.306 e. The second-order valence-electron chi connectivity index (χ2n) is 14.3. The van der Waals surface area contributed by atoms with Gasteiger partial charge < -0.3 is 9.80 Å². The van der Waals surface area contributed by atoms with Gasteiger partial charge in [0.1, 0.15) is 5.70 Å². The van der Waals surface area contributed by atoms with Crippen LogP contribution in [0.15, 0.2) is 139 Å². The molecular formula is C46H49N2OP. The third kappa shape index (κ3) is 6.81. The number of Topliss-reactive ketones (excluding diaryl/α,β-unsaturated/α-hetero) is 1. The highest BCUT2D eigenvalue weighted by atomic mass is 31.1. The second-order valence-corrected chi connectivity index (χ2v) is 16.5. The second kappa shape index (κ2) is 15.2. The van der Waals surface area contributed by atoms with Gasteiger partial charge in [-0.1, -0.05) is 183 Å². The van der Waals surface area contributed by atoms with Crippen molar-refractivity contribution in [2.45, 2.75) is 79.1 Å². The van der Waals surface area contributed by atoms with E-state index in [9.17, 15) is 0 Å². The fourth-order valence-electron chi connectivity index (χ4n) is 6.94. The number of para-hydroxylation sites is 2. The summed E-state index contributed by atoms with van der Waals surface area (Å²) in [5.74, 6) is 0.965. The van der Waals surface area contributed by atoms with Gasteiger partial charge >= 0.3 is 0 Å². The first-order valence-corrected chi connectivity index (χ1v) is 19.3. The Morgan fingerprint density at radius 1 is 0.480 bits per heavy atom. The molecule has 0 amide bonds. The van der Waals surface area contributed by atoms with Crippen molar-refractivity contribution in [1.29, 1.82) is 0 Å². The van der Waals surface area contributed by atoms with Gasteiger partial charge in [-0.3, -0.25) is 4.79 Å². The molecule has 0 saturated heterocycles. The summed E-state index contributed by atoms with van der Waals surface area (Å²) in [5.41, 5.74) is 9.38. The fraction of sp³-hybridized carbons (Fsp3) is 0.261. The molecule has 0 aliphatic carbocycles. The Labute approximate surface area is 301 Å². The third-order valence-electron chi connectivity index (χ3n) is 9.47. The minimum absolute atomic E-state index is 0.00338. The maximum Gasteiger partial charge on any atom is 0.218 e. The molecule has 0 atom stereocenters. The van der Waals surface area contributed by atoms with Crippen molar-refractivity contribution in [1.82, 2.24) is 0 Å². The van der Waals surface area contributed by atoms with E-state index in [1.54, 1.807) is 0 Å². The molecule has 5 aromatic rings. The highest BCUT2D eigenvalue weighted by Gasteiger charge is 2.44. The van der Waals surface area contributed by atoms with E-state index in [-0.39, 0.29) is 29.5 Å². The highest BCUT2D eigenvalue weighted by Crippen LogP contribution is 2.56. The Bertz CT molecular complexity index is 1870. The van der Waals surface area contributed by atoms with Crippen LogP contribution in [0.5, 0.6) is 0 Å². The number of allylic oxidation sites excluding steroid dienone is 1. The monoisotopic (exact) mass is 676 g/mol. The number of hydrogen-bond acceptors (Lipinski definition) is 3. The molecule has 254 valence electrons. The van der Waals surface area contributed by atoms with Crippen LogP contribution in [0.4, 0.5) is 11.4 Å². The van der Waals surface area contributed by atoms with Gasteiger partial charge in [0.05, 0.1) is 16.8 Å². The lowest BCUT2D eigenvalue weighted by Crippen LogP contribution is -2.28. The number of benzene rings is 5. The van der Waals surface area contributed by atoms with Gasteiger partial charge in [-0.05, 0) is 56.5 Å². The Morgan fingerprint density at radius 2 is 0.840 bits per heavy atom. The van der Waals surface area contributed by atoms with E-state index in [4.69, 9.17) is 0 Å². The number of rotatable bonds is 11. The van der Waals surface area contributed by atoms with Gasteiger partial charge in [-0.25, -0.2) is 0 Å². The van der Waals surface area contributed by atoms with Crippen molar-refractivity contribution in [3.8, 4) is 0 Å². The van der Waals surface area contributed by atoms with Crippen LogP contribution in [-0.4, -0.2) is 5.78 Å². The molecule has 0 spiro atoms. The number of hydrogen-bond donors (Lipinski definition) is 0. The first kappa shape index (κ1) is 35.4. The first-order chi connectivity index (χ1) is 24.1. The molecule has 0 aromatic heterocycles. The van der Waals surface area contributed by atoms with Crippen molar-refractivity contribution in [3.05, 3.63) is 173 Å². The fourth-order valence-corrected chi connectivity index (χ4v) is 9.43. The normalized spacial score (nSPS) is 13.5. The van der Waals surface area contributed by atoms with Crippen LogP contribution >= 0.6 is 7.92 Å². The first-order valence-electron chi connectivity index (χ1n) is 18.0. The quantitative estimate of drug-likeness (QED) is 0.103. The summed E-state index contributed by atoms with van der Waals surface area (Å²) in [4.78, 5) is 19.9. The van der Waals surface area contributed by atoms with Crippen LogP contribution in [0.3, 0.4) is 0 Å². The van der Waals surface area contributed by atoms with Gasteiger partial charge in [0.25, 0.3) is 0 Å². The zero-order chi connectivity index (χ0) is 35.5. The smallest absolute Gasteiger partial charge is 0.218 e. The molecule has 0 unspecified atom stereocenters. The van der Waals surface area contributed by atoms with Gasteiger partial charge in [0.2, 0.25) is 12.5 Å². The van der Waals surface area contributed by atoms with E-state index in [1.807, 2.05) is 30.3 Å². The van der Waals surface area contributed by atoms with Crippen molar-refractivity contribution in [2.24, 2.45) is 0 Å². The summed E-state index contributed by atoms with van der Waals surface area (Å²) >= 11 is 0. The van der Waals surface area contributed by atoms with E-state index in [0.29, 0.717) is 11.3 Å². The van der Waals surface area contributed by atoms with E-state index >= 15 is 4.79 Å². The summed E-state index contributed by atoms with van der Waals surface area (Å²) in [6, 6.07) is 44.6. The Balaban J connectivity index is 1.81. The van der Waals surface area contributed by atoms with E-state index in [1.165, 1.54) is 32.9 Å². The van der Waals surface area contributed by atoms with Crippen molar-refractivity contribution >= 4 is 35.7 Å². The highest BCUT2D eigenvalue weighted by molar-refractivity contribution is 7.77. The largest absolute Gasteiger partial charge is 0.306 e. The van der Waals surface area contributed by atoms with Crippen LogP contribution in [0.25, 0.3) is 0 Å². The molecule has 0 bridgehead atoms. The van der Waals surface area contributed by atoms with Crippen molar-refractivity contribution in [3.63, 3.8) is 0 Å². The topological polar surface area (TPSA) is 23.6 Å². The van der Waals surface area contributed by atoms with Gasteiger partial charge in [0.15, 0.2) is 0 Å². The van der Waals surface area contributed by atoms with Gasteiger partial charge in [-0.15, -0.1) is 0 Å². The molecule has 1 aliphatic heterocycles. The predicted octanol–water partition coefficient (Wildman–Crippen LogP) is 11.7. The Morgan fingerprint density at radius 3 is 1.22 bits per heavy atom. The summed E-state index contributed by atoms with van der Waals surface area (Å²) in [6.45, 7) is 22.0. The molecule has 0 fully saturated rings. The average molecular weight is 677 g/mol. The number of carbonyl (C=O) groups excluding carboxylic acids is 1. The molecule has 5 aromatic carbocycles. The van der Waals surface area contributed by atoms with Crippen LogP contribution < -0.4 is 20.4 Å². The Hall–Kier alpha value is -4.46. The molecule has 4 heteroatoms. The SMILES string of the molecule is CC(C)c1cccc(C(C)C)c1N1[C]N(c2c(C(C)C)cccc2C(C)C)C(P(c2ccccc2)c2ccccc2)=C1C(=O)c1ccccc1. The van der Waals surface area contributed by atoms with Crippen LogP contribution in [-0.2, 0) is 0 Å². The van der Waals surface area contributed by atoms with Crippen molar-refractivity contribution < 1.29 is 4.79 Å². The van der Waals surface area contributed by atoms with E-state index < -0.39 is 7.92 Å². The minimum atomic E-state index is -1.23. The van der Waals surface area contributed by atoms with Crippen LogP contribution in [0.1, 0.15) is 112 Å². The molecule has 1 aliphatic rings. The lowest BCUT2D eigenvalue weighted by Gasteiger charge is -2.33. The standard InChI is InChI=1S/C46H49N2OP/c1-31(2)38-26-18-27-39(32(3)4)42(38)47-30-48(43-40(33(5)6)28-19-29-41(43)34(7)8)46(44(47)45(49)35-20-12-9-13-21-35)50(36-22-14-10-15-23-36)37-24-16-11-17-25-37/h9-29,31-34H,1-8H3. The molecule has 2 radical (unpaired) electrons. The third-order valence-corrected chi connectivity index (χ3v) is 11.9. The van der Waals surface area contributed by atoms with E-state index in [0.717, 1.165) is 16.8 Å². The molecule has 6 rings (SSSR count). The number of ketones is 1. The Kier molecular flexibility index (Phi) is 10.7. The zero-order valence-electron chi connectivity index (χ0n) is 30.7. The summed E-state index contributed by atoms with van der Waals surface area (Å²) in [5, 5.41) is 2.37. The lowest BCUT2D eigenvalue weighted by atomic mass is 9.91. The zero-order valence-corrected chi connectivity index (χ0v) is 31.6. The summed E-state index contributed by atoms with van der Waals surface area (Å²) in [6.07, 6.45) is 0. The van der Waals surface area contributed by atoms with Gasteiger partial charge in [-0.2, -0.15) is 0 Å². The molecule has 3 nitrogen and oxygen atoms in total. The predicted molar refractivity (Wildman–Crippen MR) is 214 cm³/mol. The van der Waals surface area contributed by atoms with Gasteiger partial charge in [0, 0.05) is 13.5 Å². The van der Waals surface area contributed by atoms with Crippen molar-refractivity contribution in [2.75, 3.05) is 9.80 Å². The summed E-state index contributed by atoms with van der Waals surface area (Å²) in [7, 11) is -1.23. The number of anilines is 2. The number of carbonyl (C=O) groups is 1. The van der Waals surface area contributed by atoms with Crippen LogP contribution in [0, 0.1) is 6.67 Å². The lowest BCUT2D eigenvalue weighted by molar-refractivity contribution is 0.103. The summed E-state index contributed by atoms with van der Waals surface area (Å²) < 4.78 is 0. The molecular weight excluding hydrogens is 627 g/mol. The maximum absolute atomic E-state index is 15.4. The van der Waals surface area contributed by atoms with E-state index in [2.05, 4.69) is 169 Å². The number of nitrogens with zero attached hydrogens (tertiary/aromatic N) is 2. The molecule has 1 heterocycles. The molecule has 50 heavy (non-hydrogen) atoms. The maximum atomic E-state index is 15.4. The average Bonchev–Trinajstić information content (AvgIpc) is 3.51. The van der Waals surface area contributed by atoms with Crippen LogP contribution in [0.2, 0.25) is 0 Å². The molecule has 0 N–H and O–H groups in total.